The van der Waals surface area contributed by atoms with Gasteiger partial charge in [0.15, 0.2) is 0 Å². The number of rotatable bonds is 5. The van der Waals surface area contributed by atoms with Gasteiger partial charge in [0, 0.05) is 21.7 Å². The molecule has 0 aliphatic carbocycles. The van der Waals surface area contributed by atoms with Crippen LogP contribution in [0.1, 0.15) is 41.0 Å². The summed E-state index contributed by atoms with van der Waals surface area (Å²) in [6.07, 6.45) is 0.138. The fourth-order valence-electron chi connectivity index (χ4n) is 3.26. The van der Waals surface area contributed by atoms with Crippen molar-refractivity contribution in [2.45, 2.75) is 34.1 Å². The molecule has 0 atom stereocenters. The summed E-state index contributed by atoms with van der Waals surface area (Å²) in [5.41, 5.74) is 3.98. The molecule has 28 heavy (non-hydrogen) atoms. The van der Waals surface area contributed by atoms with E-state index in [2.05, 4.69) is 0 Å². The molecule has 2 aromatic carbocycles. The first-order valence-corrected chi connectivity index (χ1v) is 9.72. The Labute approximate surface area is 170 Å². The number of fused-ring (bicyclic) bond motifs is 1. The van der Waals surface area contributed by atoms with Crippen molar-refractivity contribution in [3.8, 4) is 0 Å². The van der Waals surface area contributed by atoms with Crippen LogP contribution in [0.25, 0.3) is 10.9 Å². The zero-order valence-electron chi connectivity index (χ0n) is 16.6. The lowest BCUT2D eigenvalue weighted by Crippen LogP contribution is -2.15. The average molecular weight is 398 g/mol. The highest BCUT2D eigenvalue weighted by atomic mass is 35.5. The molecule has 1 heterocycles. The molecule has 0 aliphatic heterocycles. The normalized spacial score (nSPS) is 11.2. The van der Waals surface area contributed by atoms with Crippen molar-refractivity contribution in [3.05, 3.63) is 69.9 Å². The summed E-state index contributed by atoms with van der Waals surface area (Å²) in [7, 11) is 0. The lowest BCUT2D eigenvalue weighted by molar-refractivity contribution is -0.143. The summed E-state index contributed by atoms with van der Waals surface area (Å²) in [6, 6.07) is 12.7. The molecular weight excluding hydrogens is 374 g/mol. The van der Waals surface area contributed by atoms with Crippen LogP contribution in [-0.4, -0.2) is 23.1 Å². The molecular formula is C23H24ClNO3. The largest absolute Gasteiger partial charge is 0.465 e. The van der Waals surface area contributed by atoms with Crippen molar-refractivity contribution in [2.75, 3.05) is 6.61 Å². The van der Waals surface area contributed by atoms with Gasteiger partial charge in [-0.25, -0.2) is 0 Å². The molecule has 1 aromatic heterocycles. The second-order valence-corrected chi connectivity index (χ2v) is 7.92. The molecule has 0 amide bonds. The van der Waals surface area contributed by atoms with E-state index in [0.717, 1.165) is 27.7 Å². The number of hydrogen-bond donors (Lipinski definition) is 0. The van der Waals surface area contributed by atoms with Crippen LogP contribution in [0.3, 0.4) is 0 Å². The standard InChI is InChI=1S/C23H24ClNO3/c1-14(2)13-28-22(26)12-19-16(4)25(21-10-5-15(3)11-20(19)21)23(27)17-6-8-18(24)9-7-17/h5-11,14H,12-13H2,1-4H3. The molecule has 0 fully saturated rings. The maximum atomic E-state index is 13.2. The number of carbonyl (C=O) groups excluding carboxylic acids is 2. The van der Waals surface area contributed by atoms with Gasteiger partial charge in [0.2, 0.25) is 0 Å². The van der Waals surface area contributed by atoms with Gasteiger partial charge in [0.1, 0.15) is 0 Å². The van der Waals surface area contributed by atoms with Crippen LogP contribution in [0.2, 0.25) is 5.02 Å². The van der Waals surface area contributed by atoms with E-state index >= 15 is 0 Å². The Balaban J connectivity index is 2.06. The maximum Gasteiger partial charge on any atom is 0.310 e. The number of halogens is 1. The number of aryl methyl sites for hydroxylation is 1. The molecule has 0 radical (unpaired) electrons. The SMILES string of the molecule is Cc1ccc2c(c1)c(CC(=O)OCC(C)C)c(C)n2C(=O)c1ccc(Cl)cc1. The van der Waals surface area contributed by atoms with Crippen molar-refractivity contribution in [1.29, 1.82) is 0 Å². The first kappa shape index (κ1) is 20.2. The van der Waals surface area contributed by atoms with Crippen LogP contribution < -0.4 is 0 Å². The van der Waals surface area contributed by atoms with Crippen molar-refractivity contribution in [3.63, 3.8) is 0 Å². The van der Waals surface area contributed by atoms with E-state index in [9.17, 15) is 9.59 Å². The topological polar surface area (TPSA) is 48.3 Å². The van der Waals surface area contributed by atoms with Crippen LogP contribution in [0.15, 0.2) is 42.5 Å². The van der Waals surface area contributed by atoms with Gasteiger partial charge in [-0.05, 0) is 61.7 Å². The summed E-state index contributed by atoms with van der Waals surface area (Å²) in [5.74, 6) is -0.152. The quantitative estimate of drug-likeness (QED) is 0.546. The molecule has 146 valence electrons. The van der Waals surface area contributed by atoms with Crippen LogP contribution in [0, 0.1) is 19.8 Å². The predicted molar refractivity (Wildman–Crippen MR) is 112 cm³/mol. The first-order chi connectivity index (χ1) is 13.3. The summed E-state index contributed by atoms with van der Waals surface area (Å²) in [4.78, 5) is 25.5. The third-order valence-electron chi connectivity index (χ3n) is 4.68. The number of hydrogen-bond acceptors (Lipinski definition) is 3. The summed E-state index contributed by atoms with van der Waals surface area (Å²) >= 11 is 5.95. The van der Waals surface area contributed by atoms with Crippen LogP contribution in [0.4, 0.5) is 0 Å². The molecule has 0 saturated carbocycles. The fraction of sp³-hybridized carbons (Fsp3) is 0.304. The summed E-state index contributed by atoms with van der Waals surface area (Å²) < 4.78 is 7.03. The highest BCUT2D eigenvalue weighted by Gasteiger charge is 2.22. The van der Waals surface area contributed by atoms with Crippen molar-refractivity contribution in [2.24, 2.45) is 5.92 Å². The van der Waals surface area contributed by atoms with Crippen molar-refractivity contribution < 1.29 is 14.3 Å². The van der Waals surface area contributed by atoms with Gasteiger partial charge in [-0.2, -0.15) is 0 Å². The summed E-state index contributed by atoms with van der Waals surface area (Å²) in [6.45, 7) is 8.25. The second-order valence-electron chi connectivity index (χ2n) is 7.49. The Kier molecular flexibility index (Phi) is 5.90. The van der Waals surface area contributed by atoms with Gasteiger partial charge in [0.05, 0.1) is 18.5 Å². The molecule has 3 rings (SSSR count). The maximum absolute atomic E-state index is 13.2. The molecule has 0 bridgehead atoms. The van der Waals surface area contributed by atoms with Gasteiger partial charge >= 0.3 is 5.97 Å². The van der Waals surface area contributed by atoms with Gasteiger partial charge in [-0.1, -0.05) is 37.1 Å². The van der Waals surface area contributed by atoms with E-state index in [1.807, 2.05) is 45.9 Å². The van der Waals surface area contributed by atoms with Crippen LogP contribution >= 0.6 is 11.6 Å². The Morgan fingerprint density at radius 3 is 2.39 bits per heavy atom. The number of carbonyl (C=O) groups is 2. The predicted octanol–water partition coefficient (Wildman–Crippen LogP) is 5.34. The first-order valence-electron chi connectivity index (χ1n) is 9.34. The number of esters is 1. The number of nitrogens with zero attached hydrogens (tertiary/aromatic N) is 1. The lowest BCUT2D eigenvalue weighted by atomic mass is 10.1. The Morgan fingerprint density at radius 2 is 1.75 bits per heavy atom. The highest BCUT2D eigenvalue weighted by Crippen LogP contribution is 2.29. The monoisotopic (exact) mass is 397 g/mol. The minimum Gasteiger partial charge on any atom is -0.465 e. The fourth-order valence-corrected chi connectivity index (χ4v) is 3.38. The minimum absolute atomic E-state index is 0.138. The summed E-state index contributed by atoms with van der Waals surface area (Å²) in [5, 5.41) is 1.48. The molecule has 0 spiro atoms. The smallest absolute Gasteiger partial charge is 0.310 e. The average Bonchev–Trinajstić information content (AvgIpc) is 2.91. The number of benzene rings is 2. The van der Waals surface area contributed by atoms with Gasteiger partial charge in [-0.15, -0.1) is 0 Å². The van der Waals surface area contributed by atoms with E-state index in [4.69, 9.17) is 16.3 Å². The van der Waals surface area contributed by atoms with E-state index in [1.54, 1.807) is 28.8 Å². The highest BCUT2D eigenvalue weighted by molar-refractivity contribution is 6.30. The Morgan fingerprint density at radius 1 is 1.07 bits per heavy atom. The number of aromatic nitrogens is 1. The minimum atomic E-state index is -0.281. The van der Waals surface area contributed by atoms with E-state index in [-0.39, 0.29) is 24.2 Å². The second kappa shape index (κ2) is 8.19. The van der Waals surface area contributed by atoms with E-state index in [1.165, 1.54) is 0 Å². The molecule has 0 N–H and O–H groups in total. The Hall–Kier alpha value is -2.59. The zero-order chi connectivity index (χ0) is 20.4. The molecule has 4 nitrogen and oxygen atoms in total. The lowest BCUT2D eigenvalue weighted by Gasteiger charge is -2.09. The molecule has 3 aromatic rings. The van der Waals surface area contributed by atoms with Gasteiger partial charge < -0.3 is 4.74 Å². The Bertz CT molecular complexity index is 1030. The van der Waals surface area contributed by atoms with Crippen LogP contribution in [-0.2, 0) is 16.0 Å². The third-order valence-corrected chi connectivity index (χ3v) is 4.94. The molecule has 0 unspecified atom stereocenters. The third kappa shape index (κ3) is 4.12. The number of ether oxygens (including phenoxy) is 1. The van der Waals surface area contributed by atoms with Crippen molar-refractivity contribution >= 4 is 34.4 Å². The van der Waals surface area contributed by atoms with E-state index in [0.29, 0.717) is 17.2 Å². The van der Waals surface area contributed by atoms with Gasteiger partial charge in [0.25, 0.3) is 5.91 Å². The van der Waals surface area contributed by atoms with E-state index < -0.39 is 0 Å². The molecule has 5 heteroatoms. The zero-order valence-corrected chi connectivity index (χ0v) is 17.3. The molecule has 0 saturated heterocycles. The molecule has 0 aliphatic rings. The van der Waals surface area contributed by atoms with Gasteiger partial charge in [-0.3, -0.25) is 14.2 Å². The van der Waals surface area contributed by atoms with Crippen molar-refractivity contribution in [1.82, 2.24) is 4.57 Å². The van der Waals surface area contributed by atoms with Crippen LogP contribution in [0.5, 0.6) is 0 Å².